The average molecular weight is 247 g/mol. The van der Waals surface area contributed by atoms with E-state index in [1.807, 2.05) is 18.2 Å². The lowest BCUT2D eigenvalue weighted by Crippen LogP contribution is -1.97. The molecule has 0 aliphatic rings. The highest BCUT2D eigenvalue weighted by Gasteiger charge is 2.10. The number of aromatic nitrogens is 1. The van der Waals surface area contributed by atoms with Crippen molar-refractivity contribution in [3.63, 3.8) is 0 Å². The van der Waals surface area contributed by atoms with Crippen LogP contribution >= 0.6 is 0 Å². The smallest absolute Gasteiger partial charge is 0.216 e. The normalized spacial score (nSPS) is 10.7. The summed E-state index contributed by atoms with van der Waals surface area (Å²) in [4.78, 5) is 4.47. The minimum atomic E-state index is -0.0359. The molecule has 0 bridgehead atoms. The zero-order chi connectivity index (χ0) is 13.1. The summed E-state index contributed by atoms with van der Waals surface area (Å²) in [5.41, 5.74) is 2.59. The lowest BCUT2D eigenvalue weighted by atomic mass is 10.1. The molecule has 1 N–H and O–H groups in total. The van der Waals surface area contributed by atoms with Gasteiger partial charge in [-0.1, -0.05) is 6.92 Å². The summed E-state index contributed by atoms with van der Waals surface area (Å²) in [6, 6.07) is 5.71. The first-order valence-corrected chi connectivity index (χ1v) is 5.88. The molecule has 0 unspecified atom stereocenters. The van der Waals surface area contributed by atoms with Crippen molar-refractivity contribution < 1.29 is 14.6 Å². The van der Waals surface area contributed by atoms with Crippen LogP contribution in [0.15, 0.2) is 18.2 Å². The fourth-order valence-corrected chi connectivity index (χ4v) is 2.01. The molecule has 0 saturated heterocycles. The fraction of sp³-hybridized carbons (Fsp3) is 0.357. The Hall–Kier alpha value is -1.81. The second kappa shape index (κ2) is 5.23. The van der Waals surface area contributed by atoms with E-state index in [0.717, 1.165) is 34.2 Å². The molecule has 0 aliphatic heterocycles. The molecule has 0 atom stereocenters. The molecule has 4 heteroatoms. The van der Waals surface area contributed by atoms with Crippen LogP contribution in [0.1, 0.15) is 18.1 Å². The van der Waals surface area contributed by atoms with Crippen LogP contribution in [-0.4, -0.2) is 24.3 Å². The maximum atomic E-state index is 9.23. The standard InChI is InChI=1S/C14H17NO3/c1-4-10-7-11-12(15-14(10)18-3)5-9(8-16)6-13(11)17-2/h5-7,16H,4,8H2,1-3H3. The summed E-state index contributed by atoms with van der Waals surface area (Å²) < 4.78 is 10.6. The number of nitrogens with zero attached hydrogens (tertiary/aromatic N) is 1. The summed E-state index contributed by atoms with van der Waals surface area (Å²) >= 11 is 0. The van der Waals surface area contributed by atoms with Crippen LogP contribution in [0, 0.1) is 0 Å². The largest absolute Gasteiger partial charge is 0.496 e. The highest BCUT2D eigenvalue weighted by Crippen LogP contribution is 2.30. The number of fused-ring (bicyclic) bond motifs is 1. The van der Waals surface area contributed by atoms with E-state index in [4.69, 9.17) is 9.47 Å². The number of pyridine rings is 1. The summed E-state index contributed by atoms with van der Waals surface area (Å²) in [6.07, 6.45) is 0.844. The van der Waals surface area contributed by atoms with E-state index in [-0.39, 0.29) is 6.61 Å². The van der Waals surface area contributed by atoms with Gasteiger partial charge in [-0.05, 0) is 30.2 Å². The number of hydrogen-bond donors (Lipinski definition) is 1. The monoisotopic (exact) mass is 247 g/mol. The van der Waals surface area contributed by atoms with Gasteiger partial charge in [0, 0.05) is 10.9 Å². The molecule has 0 saturated carbocycles. The van der Waals surface area contributed by atoms with Crippen LogP contribution < -0.4 is 9.47 Å². The molecule has 0 spiro atoms. The molecule has 1 heterocycles. The third-order valence-electron chi connectivity index (χ3n) is 2.97. The summed E-state index contributed by atoms with van der Waals surface area (Å²) in [5.74, 6) is 1.35. The van der Waals surface area contributed by atoms with Gasteiger partial charge in [0.25, 0.3) is 0 Å². The second-order valence-corrected chi connectivity index (χ2v) is 4.03. The topological polar surface area (TPSA) is 51.6 Å². The van der Waals surface area contributed by atoms with Crippen LogP contribution in [0.4, 0.5) is 0 Å². The van der Waals surface area contributed by atoms with Crippen LogP contribution in [0.3, 0.4) is 0 Å². The highest BCUT2D eigenvalue weighted by molar-refractivity contribution is 5.87. The van der Waals surface area contributed by atoms with Crippen molar-refractivity contribution >= 4 is 10.9 Å². The van der Waals surface area contributed by atoms with E-state index in [1.165, 1.54) is 0 Å². The zero-order valence-electron chi connectivity index (χ0n) is 10.9. The lowest BCUT2D eigenvalue weighted by Gasteiger charge is -2.11. The predicted octanol–water partition coefficient (Wildman–Crippen LogP) is 2.31. The van der Waals surface area contributed by atoms with Crippen LogP contribution in [0.2, 0.25) is 0 Å². The van der Waals surface area contributed by atoms with Gasteiger partial charge in [0.15, 0.2) is 0 Å². The Morgan fingerprint density at radius 1 is 1.17 bits per heavy atom. The number of aliphatic hydroxyl groups excluding tert-OH is 1. The maximum absolute atomic E-state index is 9.23. The maximum Gasteiger partial charge on any atom is 0.216 e. The number of methoxy groups -OCH3 is 2. The van der Waals surface area contributed by atoms with E-state index in [1.54, 1.807) is 14.2 Å². The van der Waals surface area contributed by atoms with Crippen molar-refractivity contribution in [2.24, 2.45) is 0 Å². The first-order valence-electron chi connectivity index (χ1n) is 5.88. The molecule has 96 valence electrons. The molecule has 4 nitrogen and oxygen atoms in total. The van der Waals surface area contributed by atoms with Gasteiger partial charge < -0.3 is 14.6 Å². The van der Waals surface area contributed by atoms with Crippen molar-refractivity contribution in [3.05, 3.63) is 29.3 Å². The van der Waals surface area contributed by atoms with E-state index in [9.17, 15) is 5.11 Å². The van der Waals surface area contributed by atoms with Gasteiger partial charge in [0.2, 0.25) is 5.88 Å². The first kappa shape index (κ1) is 12.6. The van der Waals surface area contributed by atoms with Crippen molar-refractivity contribution in [3.8, 4) is 11.6 Å². The minimum Gasteiger partial charge on any atom is -0.496 e. The molecule has 2 aromatic rings. The Bertz CT molecular complexity index is 566. The molecule has 1 aromatic heterocycles. The predicted molar refractivity (Wildman–Crippen MR) is 70.1 cm³/mol. The zero-order valence-corrected chi connectivity index (χ0v) is 10.9. The van der Waals surface area contributed by atoms with Crippen LogP contribution in [-0.2, 0) is 13.0 Å². The molecule has 0 amide bonds. The fourth-order valence-electron chi connectivity index (χ4n) is 2.01. The van der Waals surface area contributed by atoms with Crippen LogP contribution in [0.5, 0.6) is 11.6 Å². The quantitative estimate of drug-likeness (QED) is 0.900. The molecular formula is C14H17NO3. The Morgan fingerprint density at radius 2 is 1.94 bits per heavy atom. The second-order valence-electron chi connectivity index (χ2n) is 4.03. The van der Waals surface area contributed by atoms with Gasteiger partial charge in [-0.25, -0.2) is 4.98 Å². The number of ether oxygens (including phenoxy) is 2. The number of hydrogen-bond acceptors (Lipinski definition) is 4. The van der Waals surface area contributed by atoms with E-state index in [0.29, 0.717) is 5.88 Å². The number of aliphatic hydroxyl groups is 1. The lowest BCUT2D eigenvalue weighted by molar-refractivity contribution is 0.281. The van der Waals surface area contributed by atoms with E-state index in [2.05, 4.69) is 11.9 Å². The van der Waals surface area contributed by atoms with Crippen molar-refractivity contribution in [2.45, 2.75) is 20.0 Å². The Kier molecular flexibility index (Phi) is 3.67. The number of aryl methyl sites for hydroxylation is 1. The molecule has 0 fully saturated rings. The van der Waals surface area contributed by atoms with Gasteiger partial charge in [0.1, 0.15) is 5.75 Å². The molecule has 0 aliphatic carbocycles. The third kappa shape index (κ3) is 2.11. The molecule has 18 heavy (non-hydrogen) atoms. The Labute approximate surface area is 106 Å². The average Bonchev–Trinajstić information content (AvgIpc) is 2.44. The van der Waals surface area contributed by atoms with Crippen molar-refractivity contribution in [2.75, 3.05) is 14.2 Å². The van der Waals surface area contributed by atoms with Gasteiger partial charge in [-0.15, -0.1) is 0 Å². The SMILES string of the molecule is CCc1cc2c(OC)cc(CO)cc2nc1OC. The van der Waals surface area contributed by atoms with Gasteiger partial charge in [0.05, 0.1) is 26.3 Å². The molecule has 2 rings (SSSR count). The van der Waals surface area contributed by atoms with Gasteiger partial charge >= 0.3 is 0 Å². The highest BCUT2D eigenvalue weighted by atomic mass is 16.5. The summed E-state index contributed by atoms with van der Waals surface area (Å²) in [5, 5.41) is 10.2. The number of rotatable bonds is 4. The number of benzene rings is 1. The van der Waals surface area contributed by atoms with Gasteiger partial charge in [-0.3, -0.25) is 0 Å². The summed E-state index contributed by atoms with van der Waals surface area (Å²) in [6.45, 7) is 2.02. The van der Waals surface area contributed by atoms with E-state index >= 15 is 0 Å². The van der Waals surface area contributed by atoms with Crippen molar-refractivity contribution in [1.29, 1.82) is 0 Å². The summed E-state index contributed by atoms with van der Waals surface area (Å²) in [7, 11) is 3.23. The minimum absolute atomic E-state index is 0.0359. The first-order chi connectivity index (χ1) is 8.73. The Balaban J connectivity index is 2.74. The van der Waals surface area contributed by atoms with Crippen LogP contribution in [0.25, 0.3) is 10.9 Å². The third-order valence-corrected chi connectivity index (χ3v) is 2.97. The van der Waals surface area contributed by atoms with Gasteiger partial charge in [-0.2, -0.15) is 0 Å². The Morgan fingerprint density at radius 3 is 2.50 bits per heavy atom. The molecule has 0 radical (unpaired) electrons. The van der Waals surface area contributed by atoms with Crippen molar-refractivity contribution in [1.82, 2.24) is 4.98 Å². The molecular weight excluding hydrogens is 230 g/mol. The van der Waals surface area contributed by atoms with E-state index < -0.39 is 0 Å². The molecule has 1 aromatic carbocycles.